The first-order valence-electron chi connectivity index (χ1n) is 5.31. The molecule has 0 saturated carbocycles. The van der Waals surface area contributed by atoms with Gasteiger partial charge in [0, 0.05) is 0 Å². The normalized spacial score (nSPS) is 9.68. The first-order valence-corrected chi connectivity index (χ1v) is 5.69. The zero-order valence-corrected chi connectivity index (χ0v) is 10.4. The Morgan fingerprint density at radius 1 is 1.21 bits per heavy atom. The average molecular weight is 274 g/mol. The van der Waals surface area contributed by atoms with Crippen molar-refractivity contribution in [3.05, 3.63) is 58.6 Å². The van der Waals surface area contributed by atoms with E-state index in [1.807, 2.05) is 6.07 Å². The standard InChI is InChI=1S/C14H8ClNO3/c15-11-2-1-3-12(13(11)14(17)18)19-10-6-4-9(8-16)5-7-10/h1-7H,(H,17,18). The van der Waals surface area contributed by atoms with Crippen molar-refractivity contribution in [3.63, 3.8) is 0 Å². The van der Waals surface area contributed by atoms with Gasteiger partial charge in [0.25, 0.3) is 0 Å². The molecule has 0 unspecified atom stereocenters. The largest absolute Gasteiger partial charge is 0.478 e. The Balaban J connectivity index is 2.35. The summed E-state index contributed by atoms with van der Waals surface area (Å²) in [5.74, 6) is -0.567. The van der Waals surface area contributed by atoms with Crippen LogP contribution in [0.2, 0.25) is 5.02 Å². The van der Waals surface area contributed by atoms with E-state index < -0.39 is 5.97 Å². The van der Waals surface area contributed by atoms with Crippen LogP contribution in [0, 0.1) is 11.3 Å². The summed E-state index contributed by atoms with van der Waals surface area (Å²) in [7, 11) is 0. The Kier molecular flexibility index (Phi) is 3.69. The fourth-order valence-corrected chi connectivity index (χ4v) is 1.77. The third-order valence-corrected chi connectivity index (χ3v) is 2.72. The summed E-state index contributed by atoms with van der Waals surface area (Å²) < 4.78 is 5.48. The van der Waals surface area contributed by atoms with Crippen molar-refractivity contribution in [3.8, 4) is 17.6 Å². The van der Waals surface area contributed by atoms with E-state index in [0.29, 0.717) is 11.3 Å². The van der Waals surface area contributed by atoms with Gasteiger partial charge in [-0.25, -0.2) is 4.79 Å². The van der Waals surface area contributed by atoms with Crippen molar-refractivity contribution >= 4 is 17.6 Å². The van der Waals surface area contributed by atoms with Gasteiger partial charge < -0.3 is 9.84 Å². The lowest BCUT2D eigenvalue weighted by molar-refractivity contribution is 0.0694. The fourth-order valence-electron chi connectivity index (χ4n) is 1.52. The highest BCUT2D eigenvalue weighted by atomic mass is 35.5. The van der Waals surface area contributed by atoms with Gasteiger partial charge in [-0.05, 0) is 36.4 Å². The molecule has 0 fully saturated rings. The third kappa shape index (κ3) is 2.84. The molecule has 0 aliphatic carbocycles. The highest BCUT2D eigenvalue weighted by Gasteiger charge is 2.16. The van der Waals surface area contributed by atoms with Crippen LogP contribution in [0.15, 0.2) is 42.5 Å². The number of benzene rings is 2. The zero-order valence-electron chi connectivity index (χ0n) is 9.63. The lowest BCUT2D eigenvalue weighted by atomic mass is 10.2. The molecule has 2 aromatic rings. The molecule has 0 bridgehead atoms. The van der Waals surface area contributed by atoms with Crippen LogP contribution < -0.4 is 4.74 Å². The lowest BCUT2D eigenvalue weighted by Crippen LogP contribution is -2.01. The van der Waals surface area contributed by atoms with Gasteiger partial charge in [-0.2, -0.15) is 5.26 Å². The molecule has 1 N–H and O–H groups in total. The molecule has 0 aliphatic rings. The van der Waals surface area contributed by atoms with Gasteiger partial charge in [-0.15, -0.1) is 0 Å². The van der Waals surface area contributed by atoms with Crippen LogP contribution >= 0.6 is 11.6 Å². The minimum Gasteiger partial charge on any atom is -0.478 e. The number of nitrogens with zero attached hydrogens (tertiary/aromatic N) is 1. The van der Waals surface area contributed by atoms with Crippen LogP contribution in [0.1, 0.15) is 15.9 Å². The van der Waals surface area contributed by atoms with Gasteiger partial charge in [0.1, 0.15) is 17.1 Å². The Hall–Kier alpha value is -2.51. The maximum atomic E-state index is 11.1. The summed E-state index contributed by atoms with van der Waals surface area (Å²) >= 11 is 5.83. The number of carbonyl (C=O) groups is 1. The Morgan fingerprint density at radius 2 is 1.89 bits per heavy atom. The van der Waals surface area contributed by atoms with Gasteiger partial charge in [0.2, 0.25) is 0 Å². The van der Waals surface area contributed by atoms with Crippen molar-refractivity contribution < 1.29 is 14.6 Å². The Bertz CT molecular complexity index is 659. The van der Waals surface area contributed by atoms with Crippen molar-refractivity contribution in [2.75, 3.05) is 0 Å². The van der Waals surface area contributed by atoms with E-state index in [4.69, 9.17) is 26.7 Å². The van der Waals surface area contributed by atoms with Crippen molar-refractivity contribution in [1.82, 2.24) is 0 Å². The minimum atomic E-state index is -1.16. The molecule has 0 amide bonds. The number of nitriles is 1. The van der Waals surface area contributed by atoms with Crippen LogP contribution in [0.25, 0.3) is 0 Å². The molecular formula is C14H8ClNO3. The molecule has 94 valence electrons. The predicted octanol–water partition coefficient (Wildman–Crippen LogP) is 3.70. The number of carboxylic acid groups (broad SMARTS) is 1. The third-order valence-electron chi connectivity index (χ3n) is 2.40. The Morgan fingerprint density at radius 3 is 2.47 bits per heavy atom. The molecular weight excluding hydrogens is 266 g/mol. The second-order valence-electron chi connectivity index (χ2n) is 3.66. The first-order chi connectivity index (χ1) is 9.11. The number of halogens is 1. The summed E-state index contributed by atoms with van der Waals surface area (Å²) in [6, 6.07) is 12.9. The topological polar surface area (TPSA) is 70.3 Å². The maximum Gasteiger partial charge on any atom is 0.341 e. The van der Waals surface area contributed by atoms with E-state index in [-0.39, 0.29) is 16.3 Å². The molecule has 19 heavy (non-hydrogen) atoms. The van der Waals surface area contributed by atoms with E-state index in [1.54, 1.807) is 30.3 Å². The molecule has 4 nitrogen and oxygen atoms in total. The molecule has 0 saturated heterocycles. The van der Waals surface area contributed by atoms with Gasteiger partial charge in [0.15, 0.2) is 0 Å². The van der Waals surface area contributed by atoms with E-state index >= 15 is 0 Å². The van der Waals surface area contributed by atoms with E-state index in [1.165, 1.54) is 12.1 Å². The number of rotatable bonds is 3. The van der Waals surface area contributed by atoms with Crippen molar-refractivity contribution in [2.24, 2.45) is 0 Å². The monoisotopic (exact) mass is 273 g/mol. The average Bonchev–Trinajstić information content (AvgIpc) is 2.39. The highest BCUT2D eigenvalue weighted by Crippen LogP contribution is 2.30. The van der Waals surface area contributed by atoms with Gasteiger partial charge in [0.05, 0.1) is 16.7 Å². The van der Waals surface area contributed by atoms with Crippen LogP contribution in [-0.4, -0.2) is 11.1 Å². The van der Waals surface area contributed by atoms with Crippen LogP contribution in [0.3, 0.4) is 0 Å². The van der Waals surface area contributed by atoms with Crippen LogP contribution in [-0.2, 0) is 0 Å². The summed E-state index contributed by atoms with van der Waals surface area (Å²) in [5.41, 5.74) is 0.408. The smallest absolute Gasteiger partial charge is 0.341 e. The molecule has 0 aliphatic heterocycles. The number of aromatic carboxylic acids is 1. The van der Waals surface area contributed by atoms with E-state index in [9.17, 15) is 4.79 Å². The maximum absolute atomic E-state index is 11.1. The highest BCUT2D eigenvalue weighted by molar-refractivity contribution is 6.33. The summed E-state index contributed by atoms with van der Waals surface area (Å²) in [4.78, 5) is 11.1. The molecule has 2 aromatic carbocycles. The predicted molar refractivity (Wildman–Crippen MR) is 69.6 cm³/mol. The molecule has 5 heteroatoms. The molecule has 0 radical (unpaired) electrons. The van der Waals surface area contributed by atoms with E-state index in [0.717, 1.165) is 0 Å². The van der Waals surface area contributed by atoms with Crippen molar-refractivity contribution in [1.29, 1.82) is 5.26 Å². The molecule has 0 aromatic heterocycles. The lowest BCUT2D eigenvalue weighted by Gasteiger charge is -2.09. The first kappa shape index (κ1) is 12.9. The summed E-state index contributed by atoms with van der Waals surface area (Å²) in [5, 5.41) is 17.9. The van der Waals surface area contributed by atoms with Crippen molar-refractivity contribution in [2.45, 2.75) is 0 Å². The fraction of sp³-hybridized carbons (Fsp3) is 0. The van der Waals surface area contributed by atoms with Crippen LogP contribution in [0.4, 0.5) is 0 Å². The summed E-state index contributed by atoms with van der Waals surface area (Å²) in [6.07, 6.45) is 0. The second kappa shape index (κ2) is 5.42. The van der Waals surface area contributed by atoms with Gasteiger partial charge in [-0.1, -0.05) is 17.7 Å². The molecule has 0 heterocycles. The number of carboxylic acids is 1. The number of hydrogen-bond donors (Lipinski definition) is 1. The Labute approximate surface area is 114 Å². The summed E-state index contributed by atoms with van der Waals surface area (Å²) in [6.45, 7) is 0. The number of ether oxygens (including phenoxy) is 1. The minimum absolute atomic E-state index is 0.0893. The molecule has 0 spiro atoms. The number of hydrogen-bond acceptors (Lipinski definition) is 3. The SMILES string of the molecule is N#Cc1ccc(Oc2cccc(Cl)c2C(=O)O)cc1. The van der Waals surface area contributed by atoms with Gasteiger partial charge in [-0.3, -0.25) is 0 Å². The molecule has 2 rings (SSSR count). The second-order valence-corrected chi connectivity index (χ2v) is 4.06. The zero-order chi connectivity index (χ0) is 13.8. The van der Waals surface area contributed by atoms with E-state index in [2.05, 4.69) is 0 Å². The quantitative estimate of drug-likeness (QED) is 0.925. The molecule has 0 atom stereocenters. The van der Waals surface area contributed by atoms with Gasteiger partial charge >= 0.3 is 5.97 Å². The van der Waals surface area contributed by atoms with Crippen LogP contribution in [0.5, 0.6) is 11.5 Å².